The van der Waals surface area contributed by atoms with Crippen molar-refractivity contribution in [2.75, 3.05) is 26.3 Å². The molecule has 0 unspecified atom stereocenters. The Balaban J connectivity index is 1.59. The second-order valence-corrected chi connectivity index (χ2v) is 7.03. The van der Waals surface area contributed by atoms with Gasteiger partial charge in [-0.15, -0.1) is 0 Å². The van der Waals surface area contributed by atoms with Gasteiger partial charge in [0.15, 0.2) is 0 Å². The van der Waals surface area contributed by atoms with Gasteiger partial charge in [0.2, 0.25) is 0 Å². The smallest absolute Gasteiger partial charge is 0.272 e. The van der Waals surface area contributed by atoms with Gasteiger partial charge in [-0.2, -0.15) is 0 Å². The number of hydrogen-bond acceptors (Lipinski definition) is 4. The number of hydrogen-bond donors (Lipinski definition) is 0. The van der Waals surface area contributed by atoms with E-state index < -0.39 is 0 Å². The first-order valence-electron chi connectivity index (χ1n) is 7.95. The van der Waals surface area contributed by atoms with Gasteiger partial charge in [0, 0.05) is 11.6 Å². The molecule has 0 N–H and O–H groups in total. The fourth-order valence-electron chi connectivity index (χ4n) is 2.59. The Kier molecular flexibility index (Phi) is 5.93. The predicted molar refractivity (Wildman–Crippen MR) is 99.3 cm³/mol. The van der Waals surface area contributed by atoms with Crippen molar-refractivity contribution >= 4 is 33.4 Å². The van der Waals surface area contributed by atoms with E-state index in [0.29, 0.717) is 41.6 Å². The third kappa shape index (κ3) is 4.71. The topological polar surface area (TPSA) is 51.7 Å². The number of aromatic nitrogens is 1. The molecule has 1 aliphatic rings. The van der Waals surface area contributed by atoms with Crippen LogP contribution < -0.4 is 4.74 Å². The van der Waals surface area contributed by atoms with E-state index in [1.807, 2.05) is 25.1 Å². The number of carbonyl (C=O) groups is 1. The van der Waals surface area contributed by atoms with Crippen LogP contribution in [0, 0.1) is 6.92 Å². The highest BCUT2D eigenvalue weighted by Crippen LogP contribution is 2.21. The molecule has 1 fully saturated rings. The normalized spacial score (nSPS) is 17.4. The summed E-state index contributed by atoms with van der Waals surface area (Å²) in [5.41, 5.74) is 1.38. The maximum Gasteiger partial charge on any atom is 0.272 e. The Labute approximate surface area is 160 Å². The van der Waals surface area contributed by atoms with E-state index in [2.05, 4.69) is 20.9 Å². The van der Waals surface area contributed by atoms with Crippen LogP contribution in [0.2, 0.25) is 5.02 Å². The van der Waals surface area contributed by atoms with Crippen LogP contribution in [-0.2, 0) is 4.74 Å². The second kappa shape index (κ2) is 8.17. The van der Waals surface area contributed by atoms with Gasteiger partial charge in [0.05, 0.1) is 13.2 Å². The van der Waals surface area contributed by atoms with Crippen molar-refractivity contribution in [1.29, 1.82) is 0 Å². The molecular weight excluding hydrogens is 408 g/mol. The third-order valence-electron chi connectivity index (χ3n) is 3.93. The highest BCUT2D eigenvalue weighted by atomic mass is 79.9. The molecule has 0 saturated carbocycles. The van der Waals surface area contributed by atoms with Crippen LogP contribution in [0.3, 0.4) is 0 Å². The lowest BCUT2D eigenvalue weighted by atomic mass is 10.2. The molecule has 1 atom stereocenters. The first-order valence-corrected chi connectivity index (χ1v) is 9.12. The predicted octanol–water partition coefficient (Wildman–Crippen LogP) is 3.73. The molecule has 0 spiro atoms. The summed E-state index contributed by atoms with van der Waals surface area (Å²) in [5, 5.41) is 0.708. The molecule has 132 valence electrons. The summed E-state index contributed by atoms with van der Waals surface area (Å²) >= 11 is 9.31. The van der Waals surface area contributed by atoms with Gasteiger partial charge in [0.25, 0.3) is 5.91 Å². The summed E-state index contributed by atoms with van der Waals surface area (Å²) in [5.74, 6) is 0.638. The zero-order valence-corrected chi connectivity index (χ0v) is 16.1. The first-order chi connectivity index (χ1) is 12.0. The van der Waals surface area contributed by atoms with Crippen LogP contribution in [0.25, 0.3) is 0 Å². The molecule has 25 heavy (non-hydrogen) atoms. The average molecular weight is 426 g/mol. The van der Waals surface area contributed by atoms with Crippen LogP contribution in [0.1, 0.15) is 16.1 Å². The lowest BCUT2D eigenvalue weighted by Gasteiger charge is -2.32. The minimum Gasteiger partial charge on any atom is -0.491 e. The molecule has 0 radical (unpaired) electrons. The molecule has 7 heteroatoms. The Morgan fingerprint density at radius 1 is 1.44 bits per heavy atom. The molecule has 5 nitrogen and oxygen atoms in total. The lowest BCUT2D eigenvalue weighted by molar-refractivity contribution is -0.0402. The van der Waals surface area contributed by atoms with Crippen molar-refractivity contribution < 1.29 is 14.3 Å². The standard InChI is InChI=1S/C18H18BrClN2O3/c1-12-9-13(5-6-15(12)20)25-11-14-10-22(7-8-24-14)18(23)16-3-2-4-17(19)21-16/h2-6,9,14H,7-8,10-11H2,1H3/t14-/m1/s1. The Bertz CT molecular complexity index is 772. The van der Waals surface area contributed by atoms with Gasteiger partial charge in [-0.05, 0) is 58.7 Å². The van der Waals surface area contributed by atoms with Crippen LogP contribution in [-0.4, -0.2) is 48.2 Å². The quantitative estimate of drug-likeness (QED) is 0.701. The first kappa shape index (κ1) is 18.2. The lowest BCUT2D eigenvalue weighted by Crippen LogP contribution is -2.47. The highest BCUT2D eigenvalue weighted by molar-refractivity contribution is 9.10. The van der Waals surface area contributed by atoms with E-state index in [0.717, 1.165) is 11.3 Å². The molecule has 1 amide bonds. The number of pyridine rings is 1. The number of benzene rings is 1. The van der Waals surface area contributed by atoms with Crippen molar-refractivity contribution in [3.05, 3.63) is 57.3 Å². The molecule has 0 aliphatic carbocycles. The average Bonchev–Trinajstić information content (AvgIpc) is 2.62. The van der Waals surface area contributed by atoms with E-state index in [4.69, 9.17) is 21.1 Å². The van der Waals surface area contributed by atoms with Gasteiger partial charge >= 0.3 is 0 Å². The van der Waals surface area contributed by atoms with Gasteiger partial charge in [-0.1, -0.05) is 17.7 Å². The SMILES string of the molecule is Cc1cc(OC[C@H]2CN(C(=O)c3cccc(Br)n3)CCO2)ccc1Cl. The number of aryl methyl sites for hydroxylation is 1. The van der Waals surface area contributed by atoms with Crippen molar-refractivity contribution in [3.63, 3.8) is 0 Å². The summed E-state index contributed by atoms with van der Waals surface area (Å²) in [6.45, 7) is 3.80. The van der Waals surface area contributed by atoms with E-state index in [1.165, 1.54) is 0 Å². The Hall–Kier alpha value is -1.63. The monoisotopic (exact) mass is 424 g/mol. The minimum absolute atomic E-state index is 0.100. The largest absolute Gasteiger partial charge is 0.491 e. The summed E-state index contributed by atoms with van der Waals surface area (Å²) in [7, 11) is 0. The van der Waals surface area contributed by atoms with Gasteiger partial charge in [-0.3, -0.25) is 4.79 Å². The zero-order chi connectivity index (χ0) is 17.8. The van der Waals surface area contributed by atoms with Gasteiger partial charge in [-0.25, -0.2) is 4.98 Å². The number of morpholine rings is 1. The van der Waals surface area contributed by atoms with Crippen molar-refractivity contribution in [2.24, 2.45) is 0 Å². The highest BCUT2D eigenvalue weighted by Gasteiger charge is 2.26. The molecular formula is C18H18BrClN2O3. The molecule has 3 rings (SSSR count). The number of ether oxygens (including phenoxy) is 2. The minimum atomic E-state index is -0.180. The van der Waals surface area contributed by atoms with Crippen molar-refractivity contribution in [1.82, 2.24) is 9.88 Å². The van der Waals surface area contributed by atoms with Gasteiger partial charge in [0.1, 0.15) is 28.8 Å². The zero-order valence-electron chi connectivity index (χ0n) is 13.7. The molecule has 1 aromatic carbocycles. The second-order valence-electron chi connectivity index (χ2n) is 5.81. The maximum absolute atomic E-state index is 12.6. The number of halogens is 2. The number of nitrogens with zero attached hydrogens (tertiary/aromatic N) is 2. The van der Waals surface area contributed by atoms with Crippen molar-refractivity contribution in [3.8, 4) is 5.75 Å². The van der Waals surface area contributed by atoms with Crippen LogP contribution >= 0.6 is 27.5 Å². The maximum atomic E-state index is 12.6. The molecule has 1 saturated heterocycles. The van der Waals surface area contributed by atoms with Crippen LogP contribution in [0.4, 0.5) is 0 Å². The summed E-state index contributed by atoms with van der Waals surface area (Å²) < 4.78 is 12.2. The van der Waals surface area contributed by atoms with Crippen molar-refractivity contribution in [2.45, 2.75) is 13.0 Å². The van der Waals surface area contributed by atoms with E-state index >= 15 is 0 Å². The number of carbonyl (C=O) groups excluding carboxylic acids is 1. The number of amides is 1. The van der Waals surface area contributed by atoms with Gasteiger partial charge < -0.3 is 14.4 Å². The van der Waals surface area contributed by atoms with E-state index in [1.54, 1.807) is 23.1 Å². The summed E-state index contributed by atoms with van der Waals surface area (Å²) in [6, 6.07) is 10.8. The fourth-order valence-corrected chi connectivity index (χ4v) is 3.05. The molecule has 2 aromatic rings. The molecule has 1 aromatic heterocycles. The Morgan fingerprint density at radius 2 is 2.28 bits per heavy atom. The fraction of sp³-hybridized carbons (Fsp3) is 0.333. The summed E-state index contributed by atoms with van der Waals surface area (Å²) in [6.07, 6.45) is -0.180. The van der Waals surface area contributed by atoms with Crippen LogP contribution in [0.5, 0.6) is 5.75 Å². The molecule has 1 aliphatic heterocycles. The molecule has 2 heterocycles. The Morgan fingerprint density at radius 3 is 3.04 bits per heavy atom. The van der Waals surface area contributed by atoms with E-state index in [-0.39, 0.29) is 12.0 Å². The molecule has 0 bridgehead atoms. The van der Waals surface area contributed by atoms with Crippen LogP contribution in [0.15, 0.2) is 41.0 Å². The third-order valence-corrected chi connectivity index (χ3v) is 4.79. The summed E-state index contributed by atoms with van der Waals surface area (Å²) in [4.78, 5) is 18.6. The van der Waals surface area contributed by atoms with E-state index in [9.17, 15) is 4.79 Å². The number of rotatable bonds is 4.